The molecule has 0 unspecified atom stereocenters. The third-order valence-corrected chi connectivity index (χ3v) is 2.32. The van der Waals surface area contributed by atoms with E-state index < -0.39 is 6.09 Å². The largest absolute Gasteiger partial charge is 0.463 e. The molecule has 0 atom stereocenters. The summed E-state index contributed by atoms with van der Waals surface area (Å²) < 4.78 is 0.624. The van der Waals surface area contributed by atoms with Gasteiger partial charge in [0.15, 0.2) is 5.84 Å². The Hall–Kier alpha value is -1.43. The maximum absolute atomic E-state index is 10.2. The molecule has 0 fully saturated rings. The van der Waals surface area contributed by atoms with Crippen LogP contribution in [0.1, 0.15) is 11.3 Å². The Kier molecular flexibility index (Phi) is 3.19. The number of aromatic nitrogens is 1. The van der Waals surface area contributed by atoms with Crippen molar-refractivity contribution >= 4 is 27.9 Å². The van der Waals surface area contributed by atoms with Crippen molar-refractivity contribution in [3.05, 3.63) is 28.0 Å². The molecule has 14 heavy (non-hydrogen) atoms. The number of aliphatic imine (C=N–C) groups is 1. The normalized spacial score (nSPS) is 11.4. The van der Waals surface area contributed by atoms with Crippen molar-refractivity contribution in [1.82, 2.24) is 4.98 Å². The predicted molar refractivity (Wildman–Crippen MR) is 55.4 cm³/mol. The van der Waals surface area contributed by atoms with E-state index in [-0.39, 0.29) is 5.84 Å². The predicted octanol–water partition coefficient (Wildman–Crippen LogP) is 1.54. The molecule has 6 heteroatoms. The minimum Gasteiger partial charge on any atom is -0.463 e. The van der Waals surface area contributed by atoms with Crippen molar-refractivity contribution in [2.24, 2.45) is 10.7 Å². The molecule has 0 bridgehead atoms. The number of rotatable bonds is 1. The molecule has 0 spiro atoms. The van der Waals surface area contributed by atoms with Crippen LogP contribution in [0.3, 0.4) is 0 Å². The summed E-state index contributed by atoms with van der Waals surface area (Å²) in [5.74, 6) is -0.113. The fraction of sp³-hybridized carbons (Fsp3) is 0.125. The molecule has 0 aliphatic rings. The van der Waals surface area contributed by atoms with Crippen molar-refractivity contribution in [3.8, 4) is 0 Å². The van der Waals surface area contributed by atoms with Crippen LogP contribution < -0.4 is 5.73 Å². The van der Waals surface area contributed by atoms with E-state index in [1.54, 1.807) is 12.1 Å². The molecule has 3 N–H and O–H groups in total. The average Bonchev–Trinajstić information content (AvgIpc) is 2.08. The number of carbonyl (C=O) groups is 1. The molecule has 0 aromatic carbocycles. The second-order valence-corrected chi connectivity index (χ2v) is 3.33. The van der Waals surface area contributed by atoms with E-state index in [2.05, 4.69) is 25.9 Å². The van der Waals surface area contributed by atoms with Gasteiger partial charge in [-0.15, -0.1) is 0 Å². The van der Waals surface area contributed by atoms with Gasteiger partial charge in [0, 0.05) is 0 Å². The van der Waals surface area contributed by atoms with E-state index >= 15 is 0 Å². The van der Waals surface area contributed by atoms with Crippen LogP contribution in [0.15, 0.2) is 21.7 Å². The smallest absolute Gasteiger partial charge is 0.433 e. The third kappa shape index (κ3) is 2.53. The van der Waals surface area contributed by atoms with Crippen molar-refractivity contribution in [2.75, 3.05) is 0 Å². The Morgan fingerprint density at radius 2 is 2.29 bits per heavy atom. The number of amidine groups is 1. The van der Waals surface area contributed by atoms with Gasteiger partial charge in [-0.25, -0.2) is 9.78 Å². The second kappa shape index (κ2) is 4.19. The van der Waals surface area contributed by atoms with Gasteiger partial charge in [0.25, 0.3) is 0 Å². The number of halogens is 1. The number of nitrogens with two attached hydrogens (primary N) is 1. The maximum Gasteiger partial charge on any atom is 0.433 e. The average molecular weight is 258 g/mol. The summed E-state index contributed by atoms with van der Waals surface area (Å²) in [5, 5.41) is 8.36. The zero-order valence-corrected chi connectivity index (χ0v) is 8.95. The summed E-state index contributed by atoms with van der Waals surface area (Å²) in [6.07, 6.45) is -1.33. The van der Waals surface area contributed by atoms with Crippen LogP contribution in [0.2, 0.25) is 0 Å². The highest BCUT2D eigenvalue weighted by Crippen LogP contribution is 2.12. The van der Waals surface area contributed by atoms with Crippen LogP contribution in [-0.2, 0) is 0 Å². The molecule has 1 heterocycles. The molecular weight excluding hydrogens is 250 g/mol. The number of nitrogens with zero attached hydrogens (tertiary/aromatic N) is 2. The molecule has 0 radical (unpaired) electrons. The van der Waals surface area contributed by atoms with Crippen LogP contribution in [0.25, 0.3) is 0 Å². The summed E-state index contributed by atoms with van der Waals surface area (Å²) >= 11 is 3.21. The van der Waals surface area contributed by atoms with E-state index in [1.165, 1.54) is 0 Å². The summed E-state index contributed by atoms with van der Waals surface area (Å²) in [5.41, 5.74) is 6.68. The molecule has 0 aliphatic heterocycles. The van der Waals surface area contributed by atoms with Crippen molar-refractivity contribution in [3.63, 3.8) is 0 Å². The van der Waals surface area contributed by atoms with E-state index in [0.29, 0.717) is 10.3 Å². The molecule has 5 nitrogen and oxygen atoms in total. The van der Waals surface area contributed by atoms with Crippen molar-refractivity contribution < 1.29 is 9.90 Å². The lowest BCUT2D eigenvalue weighted by atomic mass is 10.2. The van der Waals surface area contributed by atoms with Crippen molar-refractivity contribution in [2.45, 2.75) is 6.92 Å². The van der Waals surface area contributed by atoms with Crippen LogP contribution >= 0.6 is 15.9 Å². The molecule has 0 saturated heterocycles. The van der Waals surface area contributed by atoms with Gasteiger partial charge in [0.2, 0.25) is 0 Å². The van der Waals surface area contributed by atoms with Gasteiger partial charge in [-0.05, 0) is 34.5 Å². The zero-order chi connectivity index (χ0) is 10.7. The third-order valence-electron chi connectivity index (χ3n) is 1.51. The first-order valence-electron chi connectivity index (χ1n) is 3.71. The number of pyridine rings is 1. The highest BCUT2D eigenvalue weighted by molar-refractivity contribution is 9.10. The Morgan fingerprint density at radius 3 is 2.79 bits per heavy atom. The van der Waals surface area contributed by atoms with Gasteiger partial charge < -0.3 is 10.8 Å². The molecule has 1 amide bonds. The Balaban J connectivity index is 3.09. The standard InChI is InChI=1S/C8H8BrN3O2/c1-4-2-3-5(11-6(4)9)7(10)12-8(13)14/h2-3H,1H3,(H2,10,12)(H,13,14). The lowest BCUT2D eigenvalue weighted by Crippen LogP contribution is -2.17. The Labute approximate surface area is 88.8 Å². The molecule has 0 saturated carbocycles. The highest BCUT2D eigenvalue weighted by Gasteiger charge is 2.04. The van der Waals surface area contributed by atoms with Gasteiger partial charge in [-0.3, -0.25) is 0 Å². The number of aryl methyl sites for hydroxylation is 1. The summed E-state index contributed by atoms with van der Waals surface area (Å²) in [4.78, 5) is 17.4. The summed E-state index contributed by atoms with van der Waals surface area (Å²) in [7, 11) is 0. The van der Waals surface area contributed by atoms with E-state index in [1.807, 2.05) is 6.92 Å². The quantitative estimate of drug-likeness (QED) is 0.454. The van der Waals surface area contributed by atoms with Gasteiger partial charge >= 0.3 is 6.09 Å². The van der Waals surface area contributed by atoms with E-state index in [9.17, 15) is 4.79 Å². The molecule has 1 rings (SSSR count). The van der Waals surface area contributed by atoms with Crippen LogP contribution in [0.4, 0.5) is 4.79 Å². The summed E-state index contributed by atoms with van der Waals surface area (Å²) in [6.45, 7) is 1.87. The van der Waals surface area contributed by atoms with E-state index in [4.69, 9.17) is 10.8 Å². The molecule has 1 aromatic rings. The van der Waals surface area contributed by atoms with Crippen LogP contribution in [-0.4, -0.2) is 22.0 Å². The topological polar surface area (TPSA) is 88.6 Å². The van der Waals surface area contributed by atoms with Gasteiger partial charge in [-0.2, -0.15) is 4.99 Å². The molecule has 0 aliphatic carbocycles. The lowest BCUT2D eigenvalue weighted by Gasteiger charge is -2.01. The zero-order valence-electron chi connectivity index (χ0n) is 7.36. The van der Waals surface area contributed by atoms with Crippen LogP contribution in [0.5, 0.6) is 0 Å². The number of hydrogen-bond donors (Lipinski definition) is 2. The minimum atomic E-state index is -1.33. The summed E-state index contributed by atoms with van der Waals surface area (Å²) in [6, 6.07) is 3.39. The lowest BCUT2D eigenvalue weighted by molar-refractivity contribution is 0.205. The fourth-order valence-corrected chi connectivity index (χ4v) is 1.13. The van der Waals surface area contributed by atoms with E-state index in [0.717, 1.165) is 5.56 Å². The number of hydrogen-bond acceptors (Lipinski definition) is 2. The monoisotopic (exact) mass is 257 g/mol. The number of carboxylic acid groups (broad SMARTS) is 1. The highest BCUT2D eigenvalue weighted by atomic mass is 79.9. The Morgan fingerprint density at radius 1 is 1.64 bits per heavy atom. The number of amides is 1. The first-order chi connectivity index (χ1) is 6.50. The maximum atomic E-state index is 10.2. The molecule has 1 aromatic heterocycles. The second-order valence-electron chi connectivity index (χ2n) is 2.58. The Bertz CT molecular complexity index is 404. The molecular formula is C8H8BrN3O2. The molecule has 74 valence electrons. The van der Waals surface area contributed by atoms with Crippen molar-refractivity contribution in [1.29, 1.82) is 0 Å². The van der Waals surface area contributed by atoms with Crippen LogP contribution in [0, 0.1) is 6.92 Å². The minimum absolute atomic E-state index is 0.113. The first kappa shape index (κ1) is 10.6. The van der Waals surface area contributed by atoms with Gasteiger partial charge in [-0.1, -0.05) is 6.07 Å². The SMILES string of the molecule is Cc1ccc(C(N)=NC(=O)O)nc1Br. The van der Waals surface area contributed by atoms with Gasteiger partial charge in [0.1, 0.15) is 10.3 Å². The fourth-order valence-electron chi connectivity index (χ4n) is 0.807. The van der Waals surface area contributed by atoms with Gasteiger partial charge in [0.05, 0.1) is 0 Å². The first-order valence-corrected chi connectivity index (χ1v) is 4.50.